The van der Waals surface area contributed by atoms with E-state index < -0.39 is 0 Å². The highest BCUT2D eigenvalue weighted by Crippen LogP contribution is 2.42. The predicted octanol–water partition coefficient (Wildman–Crippen LogP) is 3.19. The Morgan fingerprint density at radius 3 is 2.62 bits per heavy atom. The first-order valence-corrected chi connectivity index (χ1v) is 9.10. The van der Waals surface area contributed by atoms with Crippen molar-refractivity contribution in [1.82, 2.24) is 10.2 Å². The van der Waals surface area contributed by atoms with Crippen molar-refractivity contribution in [3.05, 3.63) is 0 Å². The van der Waals surface area contributed by atoms with Gasteiger partial charge in [-0.05, 0) is 31.1 Å². The molecule has 1 saturated carbocycles. The maximum absolute atomic E-state index is 6.55. The Morgan fingerprint density at radius 2 is 1.90 bits per heavy atom. The first kappa shape index (κ1) is 15.8. The van der Waals surface area contributed by atoms with Crippen LogP contribution in [0.15, 0.2) is 0 Å². The fourth-order valence-corrected chi connectivity index (χ4v) is 4.43. The van der Waals surface area contributed by atoms with E-state index in [1.165, 1.54) is 58.0 Å². The predicted molar refractivity (Wildman–Crippen MR) is 87.6 cm³/mol. The molecule has 1 N–H and O–H groups in total. The van der Waals surface area contributed by atoms with Crippen LogP contribution in [0.4, 0.5) is 0 Å². The van der Waals surface area contributed by atoms with Crippen LogP contribution in [-0.2, 0) is 4.74 Å². The van der Waals surface area contributed by atoms with Crippen molar-refractivity contribution in [2.45, 2.75) is 83.5 Å². The van der Waals surface area contributed by atoms with Crippen LogP contribution in [-0.4, -0.2) is 48.8 Å². The van der Waals surface area contributed by atoms with Crippen molar-refractivity contribution >= 4 is 0 Å². The lowest BCUT2D eigenvalue weighted by atomic mass is 9.83. The molecule has 0 aromatic carbocycles. The van der Waals surface area contributed by atoms with E-state index >= 15 is 0 Å². The molecule has 3 heteroatoms. The van der Waals surface area contributed by atoms with E-state index in [9.17, 15) is 0 Å². The summed E-state index contributed by atoms with van der Waals surface area (Å²) in [7, 11) is 0. The first-order chi connectivity index (χ1) is 9.97. The Kier molecular flexibility index (Phi) is 4.63. The van der Waals surface area contributed by atoms with Gasteiger partial charge in [0.25, 0.3) is 0 Å². The smallest absolute Gasteiger partial charge is 0.0710 e. The van der Waals surface area contributed by atoms with Gasteiger partial charge in [0, 0.05) is 32.2 Å². The largest absolute Gasteiger partial charge is 0.370 e. The SMILES string of the molecule is CC(C)(C)C1CN(CC2CCC3(CCCCC3)O2)CCN1. The van der Waals surface area contributed by atoms with Gasteiger partial charge in [-0.3, -0.25) is 4.90 Å². The molecule has 1 aliphatic carbocycles. The second-order valence-corrected chi connectivity index (χ2v) is 8.65. The molecule has 2 heterocycles. The van der Waals surface area contributed by atoms with E-state index in [1.807, 2.05) is 0 Å². The Bertz CT molecular complexity index is 344. The Hall–Kier alpha value is -0.120. The number of nitrogens with one attached hydrogen (secondary N) is 1. The molecule has 2 unspecified atom stereocenters. The van der Waals surface area contributed by atoms with Crippen LogP contribution in [0.2, 0.25) is 0 Å². The lowest BCUT2D eigenvalue weighted by Crippen LogP contribution is -2.57. The van der Waals surface area contributed by atoms with E-state index in [0.717, 1.165) is 13.1 Å². The zero-order valence-corrected chi connectivity index (χ0v) is 14.3. The molecular formula is C18H34N2O. The Labute approximate surface area is 130 Å². The number of ether oxygens (including phenoxy) is 1. The first-order valence-electron chi connectivity index (χ1n) is 9.10. The van der Waals surface area contributed by atoms with Gasteiger partial charge in [0.15, 0.2) is 0 Å². The highest BCUT2D eigenvalue weighted by Gasteiger charge is 2.41. The zero-order valence-electron chi connectivity index (χ0n) is 14.3. The molecule has 0 amide bonds. The summed E-state index contributed by atoms with van der Waals surface area (Å²) in [5.74, 6) is 0. The van der Waals surface area contributed by atoms with Crippen LogP contribution >= 0.6 is 0 Å². The van der Waals surface area contributed by atoms with Crippen molar-refractivity contribution in [2.75, 3.05) is 26.2 Å². The number of hydrogen-bond acceptors (Lipinski definition) is 3. The second kappa shape index (κ2) is 6.17. The van der Waals surface area contributed by atoms with E-state index in [2.05, 4.69) is 31.0 Å². The van der Waals surface area contributed by atoms with Gasteiger partial charge < -0.3 is 10.1 Å². The summed E-state index contributed by atoms with van der Waals surface area (Å²) < 4.78 is 6.55. The molecule has 1 spiro atoms. The zero-order chi connectivity index (χ0) is 14.9. The van der Waals surface area contributed by atoms with Crippen molar-refractivity contribution in [3.63, 3.8) is 0 Å². The van der Waals surface area contributed by atoms with Gasteiger partial charge in [-0.2, -0.15) is 0 Å². The molecular weight excluding hydrogens is 260 g/mol. The third kappa shape index (κ3) is 3.80. The van der Waals surface area contributed by atoms with Gasteiger partial charge in [0.1, 0.15) is 0 Å². The van der Waals surface area contributed by atoms with Crippen molar-refractivity contribution < 1.29 is 4.74 Å². The molecule has 0 bridgehead atoms. The summed E-state index contributed by atoms with van der Waals surface area (Å²) in [6.07, 6.45) is 9.89. The van der Waals surface area contributed by atoms with Gasteiger partial charge >= 0.3 is 0 Å². The highest BCUT2D eigenvalue weighted by atomic mass is 16.5. The fourth-order valence-electron chi connectivity index (χ4n) is 4.43. The molecule has 2 aliphatic heterocycles. The van der Waals surface area contributed by atoms with E-state index in [1.54, 1.807) is 0 Å². The van der Waals surface area contributed by atoms with Gasteiger partial charge in [-0.1, -0.05) is 40.0 Å². The van der Waals surface area contributed by atoms with E-state index in [-0.39, 0.29) is 5.60 Å². The number of rotatable bonds is 2. The summed E-state index contributed by atoms with van der Waals surface area (Å²) >= 11 is 0. The third-order valence-corrected chi connectivity index (χ3v) is 5.87. The summed E-state index contributed by atoms with van der Waals surface area (Å²) in [6.45, 7) is 11.7. The van der Waals surface area contributed by atoms with Crippen LogP contribution in [0.3, 0.4) is 0 Å². The summed E-state index contributed by atoms with van der Waals surface area (Å²) in [6, 6.07) is 0.608. The van der Waals surface area contributed by atoms with Gasteiger partial charge in [0.05, 0.1) is 11.7 Å². The van der Waals surface area contributed by atoms with E-state index in [0.29, 0.717) is 17.6 Å². The van der Waals surface area contributed by atoms with Crippen LogP contribution in [0.25, 0.3) is 0 Å². The average Bonchev–Trinajstić information content (AvgIpc) is 2.81. The highest BCUT2D eigenvalue weighted by molar-refractivity contribution is 4.93. The quantitative estimate of drug-likeness (QED) is 0.846. The van der Waals surface area contributed by atoms with Gasteiger partial charge in [-0.15, -0.1) is 0 Å². The van der Waals surface area contributed by atoms with Crippen LogP contribution in [0.5, 0.6) is 0 Å². The summed E-state index contributed by atoms with van der Waals surface area (Å²) in [4.78, 5) is 2.64. The monoisotopic (exact) mass is 294 g/mol. The fraction of sp³-hybridized carbons (Fsp3) is 1.00. The standard InChI is InChI=1S/C18H34N2O/c1-17(2,3)16-14-20(12-11-19-16)13-15-7-10-18(21-15)8-5-4-6-9-18/h15-16,19H,4-14H2,1-3H3. The molecule has 0 radical (unpaired) electrons. The molecule has 2 atom stereocenters. The van der Waals surface area contributed by atoms with Crippen LogP contribution < -0.4 is 5.32 Å². The van der Waals surface area contributed by atoms with Crippen LogP contribution in [0.1, 0.15) is 65.7 Å². The van der Waals surface area contributed by atoms with Gasteiger partial charge in [-0.25, -0.2) is 0 Å². The maximum atomic E-state index is 6.55. The number of hydrogen-bond donors (Lipinski definition) is 1. The van der Waals surface area contributed by atoms with Crippen molar-refractivity contribution in [2.24, 2.45) is 5.41 Å². The number of piperazine rings is 1. The molecule has 3 nitrogen and oxygen atoms in total. The molecule has 2 saturated heterocycles. The third-order valence-electron chi connectivity index (χ3n) is 5.87. The minimum absolute atomic E-state index is 0.278. The topological polar surface area (TPSA) is 24.5 Å². The minimum Gasteiger partial charge on any atom is -0.370 e. The van der Waals surface area contributed by atoms with Gasteiger partial charge in [0.2, 0.25) is 0 Å². The average molecular weight is 294 g/mol. The van der Waals surface area contributed by atoms with Crippen LogP contribution in [0, 0.1) is 5.41 Å². The number of nitrogens with zero attached hydrogens (tertiary/aromatic N) is 1. The van der Waals surface area contributed by atoms with Crippen molar-refractivity contribution in [1.29, 1.82) is 0 Å². The summed E-state index contributed by atoms with van der Waals surface area (Å²) in [5, 5.41) is 3.69. The van der Waals surface area contributed by atoms with Crippen molar-refractivity contribution in [3.8, 4) is 0 Å². The lowest BCUT2D eigenvalue weighted by Gasteiger charge is -2.41. The molecule has 3 rings (SSSR count). The maximum Gasteiger partial charge on any atom is 0.0710 e. The molecule has 0 aromatic heterocycles. The minimum atomic E-state index is 0.278. The molecule has 3 aliphatic rings. The second-order valence-electron chi connectivity index (χ2n) is 8.65. The molecule has 3 fully saturated rings. The molecule has 21 heavy (non-hydrogen) atoms. The Balaban J connectivity index is 1.50. The Morgan fingerprint density at radius 1 is 1.14 bits per heavy atom. The van der Waals surface area contributed by atoms with E-state index in [4.69, 9.17) is 4.74 Å². The summed E-state index contributed by atoms with van der Waals surface area (Å²) in [5.41, 5.74) is 0.625. The molecule has 122 valence electrons. The lowest BCUT2D eigenvalue weighted by molar-refractivity contribution is -0.0742. The normalized spacial score (nSPS) is 34.4. The molecule has 0 aromatic rings.